The van der Waals surface area contributed by atoms with Crippen LogP contribution in [0.1, 0.15) is 60.8 Å². The van der Waals surface area contributed by atoms with Gasteiger partial charge in [-0.15, -0.1) is 0 Å². The molecule has 1 aromatic rings. The van der Waals surface area contributed by atoms with Gasteiger partial charge in [0.25, 0.3) is 0 Å². The van der Waals surface area contributed by atoms with Gasteiger partial charge in [-0.2, -0.15) is 0 Å². The highest BCUT2D eigenvalue weighted by atomic mass is 16.6. The fourth-order valence-corrected chi connectivity index (χ4v) is 2.85. The number of hydrogen-bond donors (Lipinski definition) is 2. The third-order valence-corrected chi connectivity index (χ3v) is 4.09. The Morgan fingerprint density at radius 2 is 1.35 bits per heavy atom. The van der Waals surface area contributed by atoms with Crippen molar-refractivity contribution in [3.05, 3.63) is 18.7 Å². The van der Waals surface area contributed by atoms with Gasteiger partial charge in [0.1, 0.15) is 11.2 Å². The van der Waals surface area contributed by atoms with Crippen molar-refractivity contribution in [2.45, 2.75) is 78.6 Å². The number of aromatic nitrogens is 2. The van der Waals surface area contributed by atoms with Gasteiger partial charge in [0.05, 0.1) is 6.33 Å². The van der Waals surface area contributed by atoms with Gasteiger partial charge in [-0.3, -0.25) is 0 Å². The second-order valence-corrected chi connectivity index (χ2v) is 9.56. The number of imidazole rings is 1. The Balaban J connectivity index is 2.34. The van der Waals surface area contributed by atoms with Crippen LogP contribution in [0.3, 0.4) is 0 Å². The molecule has 0 bridgehead atoms. The lowest BCUT2D eigenvalue weighted by atomic mass is 10.2. The largest absolute Gasteiger partial charge is 0.444 e. The van der Waals surface area contributed by atoms with Crippen molar-refractivity contribution in [3.8, 4) is 0 Å². The van der Waals surface area contributed by atoms with Crippen LogP contribution >= 0.6 is 0 Å². The lowest BCUT2D eigenvalue weighted by molar-refractivity contribution is 0.0516. The van der Waals surface area contributed by atoms with E-state index in [-0.39, 0.29) is 12.2 Å². The maximum absolute atomic E-state index is 11.8. The van der Waals surface area contributed by atoms with Crippen LogP contribution in [0.15, 0.2) is 18.7 Å². The monoisotopic (exact) mass is 439 g/mol. The van der Waals surface area contributed by atoms with Crippen molar-refractivity contribution in [2.24, 2.45) is 0 Å². The average molecular weight is 440 g/mol. The summed E-state index contributed by atoms with van der Waals surface area (Å²) in [6, 6.07) is 0. The molecule has 0 aliphatic carbocycles. The van der Waals surface area contributed by atoms with Gasteiger partial charge in [-0.25, -0.2) is 14.6 Å². The quantitative estimate of drug-likeness (QED) is 0.485. The van der Waals surface area contributed by atoms with Crippen LogP contribution in [0.4, 0.5) is 9.59 Å². The molecular formula is C22H41N5O4. The first kappa shape index (κ1) is 26.7. The van der Waals surface area contributed by atoms with E-state index in [2.05, 4.69) is 25.1 Å². The third kappa shape index (κ3) is 15.2. The molecule has 0 radical (unpaired) electrons. The fourth-order valence-electron chi connectivity index (χ4n) is 2.85. The number of carbonyl (C=O) groups is 2. The Morgan fingerprint density at radius 1 is 0.871 bits per heavy atom. The average Bonchev–Trinajstić information content (AvgIpc) is 3.12. The maximum atomic E-state index is 11.8. The van der Waals surface area contributed by atoms with Crippen LogP contribution in [0.2, 0.25) is 0 Å². The van der Waals surface area contributed by atoms with Crippen LogP contribution in [0, 0.1) is 0 Å². The molecule has 0 aliphatic heterocycles. The van der Waals surface area contributed by atoms with Gasteiger partial charge >= 0.3 is 12.2 Å². The zero-order valence-corrected chi connectivity index (χ0v) is 20.1. The highest BCUT2D eigenvalue weighted by Gasteiger charge is 2.16. The number of hydrogen-bond acceptors (Lipinski definition) is 6. The van der Waals surface area contributed by atoms with E-state index in [0.717, 1.165) is 45.4 Å². The van der Waals surface area contributed by atoms with E-state index in [0.29, 0.717) is 13.1 Å². The molecule has 9 heteroatoms. The molecule has 0 fully saturated rings. The maximum Gasteiger partial charge on any atom is 0.407 e. The number of ether oxygens (including phenoxy) is 2. The number of carbonyl (C=O) groups excluding carboxylic acids is 2. The number of nitrogens with one attached hydrogen (secondary N) is 2. The van der Waals surface area contributed by atoms with Crippen molar-refractivity contribution >= 4 is 12.2 Å². The van der Waals surface area contributed by atoms with Crippen molar-refractivity contribution < 1.29 is 19.1 Å². The fraction of sp³-hybridized carbons (Fsp3) is 0.773. The molecule has 0 atom stereocenters. The minimum Gasteiger partial charge on any atom is -0.444 e. The topological polar surface area (TPSA) is 97.7 Å². The first-order valence-corrected chi connectivity index (χ1v) is 11.1. The Labute approximate surface area is 186 Å². The summed E-state index contributed by atoms with van der Waals surface area (Å²) in [5, 5.41) is 5.61. The number of alkyl carbamates (subject to hydrolysis) is 2. The van der Waals surface area contributed by atoms with Crippen molar-refractivity contribution in [1.29, 1.82) is 0 Å². The second-order valence-electron chi connectivity index (χ2n) is 9.56. The molecule has 2 N–H and O–H groups in total. The highest BCUT2D eigenvalue weighted by molar-refractivity contribution is 5.67. The second kappa shape index (κ2) is 13.2. The molecule has 2 amide bonds. The van der Waals surface area contributed by atoms with Gasteiger partial charge in [-0.05, 0) is 80.4 Å². The Bertz CT molecular complexity index is 599. The molecule has 0 unspecified atom stereocenters. The number of aryl methyl sites for hydroxylation is 1. The lowest BCUT2D eigenvalue weighted by Crippen LogP contribution is -2.36. The van der Waals surface area contributed by atoms with E-state index in [9.17, 15) is 9.59 Å². The third-order valence-electron chi connectivity index (χ3n) is 4.09. The summed E-state index contributed by atoms with van der Waals surface area (Å²) in [4.78, 5) is 30.0. The lowest BCUT2D eigenvalue weighted by Gasteiger charge is -2.24. The summed E-state index contributed by atoms with van der Waals surface area (Å²) in [7, 11) is 0. The first-order chi connectivity index (χ1) is 14.4. The SMILES string of the molecule is CC(C)(C)OC(=O)NCCCN(CCCNC(=O)OC(C)(C)C)CCCn1ccnc1. The van der Waals surface area contributed by atoms with Crippen LogP contribution in [0.25, 0.3) is 0 Å². The minimum atomic E-state index is -0.495. The Morgan fingerprint density at radius 3 is 1.77 bits per heavy atom. The van der Waals surface area contributed by atoms with Crippen molar-refractivity contribution in [2.75, 3.05) is 32.7 Å². The summed E-state index contributed by atoms with van der Waals surface area (Å²) in [6.45, 7) is 15.7. The van der Waals surface area contributed by atoms with Crippen LogP contribution < -0.4 is 10.6 Å². The van der Waals surface area contributed by atoms with Gasteiger partial charge in [0.2, 0.25) is 0 Å². The molecule has 0 aromatic carbocycles. The molecule has 1 aromatic heterocycles. The Kier molecular flexibility index (Phi) is 11.4. The van der Waals surface area contributed by atoms with Gasteiger partial charge < -0.3 is 29.6 Å². The summed E-state index contributed by atoms with van der Waals surface area (Å²) in [5.74, 6) is 0. The van der Waals surface area contributed by atoms with Crippen molar-refractivity contribution in [1.82, 2.24) is 25.1 Å². The number of rotatable bonds is 12. The molecule has 0 saturated heterocycles. The van der Waals surface area contributed by atoms with Gasteiger partial charge in [0.15, 0.2) is 0 Å². The van der Waals surface area contributed by atoms with E-state index in [4.69, 9.17) is 9.47 Å². The van der Waals surface area contributed by atoms with Crippen molar-refractivity contribution in [3.63, 3.8) is 0 Å². The molecule has 178 valence electrons. The van der Waals surface area contributed by atoms with E-state index in [1.54, 1.807) is 6.20 Å². The predicted octanol–water partition coefficient (Wildman–Crippen LogP) is 3.40. The summed E-state index contributed by atoms with van der Waals surface area (Å²) >= 11 is 0. The molecule has 0 saturated carbocycles. The smallest absolute Gasteiger partial charge is 0.407 e. The van der Waals surface area contributed by atoms with Gasteiger partial charge in [0, 0.05) is 32.0 Å². The normalized spacial score (nSPS) is 12.0. The minimum absolute atomic E-state index is 0.388. The molecular weight excluding hydrogens is 398 g/mol. The molecule has 1 heterocycles. The highest BCUT2D eigenvalue weighted by Crippen LogP contribution is 2.07. The zero-order chi connectivity index (χ0) is 23.3. The Hall–Kier alpha value is -2.29. The van der Waals surface area contributed by atoms with Gasteiger partial charge in [-0.1, -0.05) is 0 Å². The number of amides is 2. The molecule has 31 heavy (non-hydrogen) atoms. The summed E-state index contributed by atoms with van der Waals surface area (Å²) in [6.07, 6.45) is 7.42. The predicted molar refractivity (Wildman–Crippen MR) is 121 cm³/mol. The molecule has 1 rings (SSSR count). The standard InChI is InChI=1S/C22H41N5O4/c1-21(2,3)30-19(28)24-10-7-13-26(15-9-16-27-17-12-23-18-27)14-8-11-25-20(29)31-22(4,5)6/h12,17-18H,7-11,13-16H2,1-6H3,(H,24,28)(H,25,29). The van der Waals surface area contributed by atoms with E-state index < -0.39 is 11.2 Å². The van der Waals surface area contributed by atoms with Crippen LogP contribution in [-0.4, -0.2) is 70.6 Å². The van der Waals surface area contributed by atoms with E-state index in [1.807, 2.05) is 54.1 Å². The molecule has 0 aliphatic rings. The van der Waals surface area contributed by atoms with Crippen LogP contribution in [0.5, 0.6) is 0 Å². The van der Waals surface area contributed by atoms with E-state index in [1.165, 1.54) is 0 Å². The first-order valence-electron chi connectivity index (χ1n) is 11.1. The van der Waals surface area contributed by atoms with Crippen LogP contribution in [-0.2, 0) is 16.0 Å². The number of nitrogens with zero attached hydrogens (tertiary/aromatic N) is 3. The molecule has 9 nitrogen and oxygen atoms in total. The summed E-state index contributed by atoms with van der Waals surface area (Å²) < 4.78 is 12.6. The molecule has 0 spiro atoms. The van der Waals surface area contributed by atoms with E-state index >= 15 is 0 Å². The summed E-state index contributed by atoms with van der Waals surface area (Å²) in [5.41, 5.74) is -0.991. The zero-order valence-electron chi connectivity index (χ0n) is 20.1.